The van der Waals surface area contributed by atoms with Crippen LogP contribution < -0.4 is 0 Å². The first-order valence-electron chi connectivity index (χ1n) is 8.68. The van der Waals surface area contributed by atoms with Crippen molar-refractivity contribution in [2.75, 3.05) is 11.5 Å². The smallest absolute Gasteiger partial charge is 0.189 e. The molecule has 3 atom stereocenters. The summed E-state index contributed by atoms with van der Waals surface area (Å²) in [4.78, 5) is 0. The van der Waals surface area contributed by atoms with Gasteiger partial charge in [0.15, 0.2) is 5.41 Å². The molecule has 1 aromatic carbocycles. The van der Waals surface area contributed by atoms with Gasteiger partial charge in [-0.15, -0.1) is 0 Å². The molecule has 0 spiro atoms. The van der Waals surface area contributed by atoms with Crippen LogP contribution in [-0.4, -0.2) is 17.2 Å². The predicted molar refractivity (Wildman–Crippen MR) is 103 cm³/mol. The molecule has 26 heavy (non-hydrogen) atoms. The van der Waals surface area contributed by atoms with Crippen LogP contribution in [0.4, 0.5) is 0 Å². The zero-order valence-electron chi connectivity index (χ0n) is 14.9. The number of allylic oxidation sites excluding steroid dienone is 1. The molecule has 1 aliphatic carbocycles. The highest BCUT2D eigenvalue weighted by Gasteiger charge is 2.57. The van der Waals surface area contributed by atoms with Gasteiger partial charge in [0, 0.05) is 23.3 Å². The first-order chi connectivity index (χ1) is 12.5. The molecule has 1 fully saturated rings. The number of nitriles is 3. The standard InChI is InChI=1S/C21H20N4S/c1-13(2)14-3-5-15(6-4-14)19-18-10-26-8-7-16(18)17(9-22)20(25)21(19,11-23)12-24/h3-7,13,17-19,25H,8,10H2,1-2H3/t17-,18+,19-/m1/s1. The SMILES string of the molecule is CC(C)c1ccc([C@@H]2[C@H]3CSCC=C3[C@@H](C#N)C(=N)C2(C#N)C#N)cc1. The van der Waals surface area contributed by atoms with Crippen molar-refractivity contribution in [1.82, 2.24) is 0 Å². The number of hydrogen-bond acceptors (Lipinski definition) is 5. The fourth-order valence-corrected chi connectivity index (χ4v) is 5.16. The zero-order valence-corrected chi connectivity index (χ0v) is 15.7. The van der Waals surface area contributed by atoms with E-state index in [0.29, 0.717) is 5.92 Å². The summed E-state index contributed by atoms with van der Waals surface area (Å²) in [5, 5.41) is 38.1. The van der Waals surface area contributed by atoms with E-state index in [-0.39, 0.29) is 11.6 Å². The van der Waals surface area contributed by atoms with Crippen molar-refractivity contribution in [1.29, 1.82) is 21.2 Å². The Balaban J connectivity index is 2.19. The van der Waals surface area contributed by atoms with Crippen LogP contribution in [0, 0.1) is 56.7 Å². The van der Waals surface area contributed by atoms with Crippen LogP contribution in [0.3, 0.4) is 0 Å². The van der Waals surface area contributed by atoms with Gasteiger partial charge in [-0.05, 0) is 22.6 Å². The van der Waals surface area contributed by atoms with Crippen LogP contribution in [0.15, 0.2) is 35.9 Å². The van der Waals surface area contributed by atoms with E-state index in [2.05, 4.69) is 32.1 Å². The molecule has 1 N–H and O–H groups in total. The van der Waals surface area contributed by atoms with E-state index >= 15 is 0 Å². The third-order valence-corrected chi connectivity index (χ3v) is 6.52. The number of hydrogen-bond donors (Lipinski definition) is 1. The van der Waals surface area contributed by atoms with E-state index in [1.807, 2.05) is 30.3 Å². The molecule has 0 bridgehead atoms. The molecule has 5 heteroatoms. The third kappa shape index (κ3) is 2.63. The quantitative estimate of drug-likeness (QED) is 0.791. The van der Waals surface area contributed by atoms with E-state index in [0.717, 1.165) is 22.6 Å². The Bertz CT molecular complexity index is 863. The molecule has 130 valence electrons. The van der Waals surface area contributed by atoms with Crippen molar-refractivity contribution >= 4 is 17.5 Å². The lowest BCUT2D eigenvalue weighted by atomic mass is 9.55. The third-order valence-electron chi connectivity index (χ3n) is 5.52. The first kappa shape index (κ1) is 18.2. The molecule has 0 saturated heterocycles. The van der Waals surface area contributed by atoms with E-state index in [1.54, 1.807) is 11.8 Å². The molecule has 1 aliphatic heterocycles. The fraction of sp³-hybridized carbons (Fsp3) is 0.429. The molecule has 3 rings (SSSR count). The average Bonchev–Trinajstić information content (AvgIpc) is 2.67. The van der Waals surface area contributed by atoms with E-state index in [4.69, 9.17) is 5.41 Å². The van der Waals surface area contributed by atoms with Gasteiger partial charge < -0.3 is 5.41 Å². The van der Waals surface area contributed by atoms with Gasteiger partial charge in [-0.1, -0.05) is 44.2 Å². The van der Waals surface area contributed by atoms with Crippen molar-refractivity contribution in [3.8, 4) is 18.2 Å². The molecule has 0 unspecified atom stereocenters. The zero-order chi connectivity index (χ0) is 18.9. The van der Waals surface area contributed by atoms with Gasteiger partial charge >= 0.3 is 0 Å². The number of rotatable bonds is 2. The predicted octanol–water partition coefficient (Wildman–Crippen LogP) is 4.39. The van der Waals surface area contributed by atoms with Crippen molar-refractivity contribution < 1.29 is 0 Å². The second kappa shape index (κ2) is 6.99. The minimum atomic E-state index is -1.60. The normalized spacial score (nSPS) is 26.8. The van der Waals surface area contributed by atoms with Gasteiger partial charge in [0.2, 0.25) is 0 Å². The fourth-order valence-electron chi connectivity index (χ4n) is 4.08. The molecular weight excluding hydrogens is 340 g/mol. The maximum atomic E-state index is 9.94. The largest absolute Gasteiger partial charge is 0.305 e. The minimum absolute atomic E-state index is 0.0719. The molecular formula is C21H20N4S. The summed E-state index contributed by atoms with van der Waals surface area (Å²) < 4.78 is 0. The maximum Gasteiger partial charge on any atom is 0.189 e. The van der Waals surface area contributed by atoms with Crippen LogP contribution in [0.1, 0.15) is 36.8 Å². The van der Waals surface area contributed by atoms with Crippen LogP contribution >= 0.6 is 11.8 Å². The van der Waals surface area contributed by atoms with Crippen molar-refractivity contribution in [2.24, 2.45) is 17.3 Å². The number of thioether (sulfide) groups is 1. The van der Waals surface area contributed by atoms with Crippen molar-refractivity contribution in [3.05, 3.63) is 47.0 Å². The lowest BCUT2D eigenvalue weighted by molar-refractivity contribution is 0.378. The Kier molecular flexibility index (Phi) is 4.90. The van der Waals surface area contributed by atoms with Crippen LogP contribution in [-0.2, 0) is 0 Å². The molecule has 2 aliphatic rings. The summed E-state index contributed by atoms with van der Waals surface area (Å²) in [5.74, 6) is 0.702. The molecule has 0 radical (unpaired) electrons. The number of nitrogens with one attached hydrogen (secondary N) is 1. The topological polar surface area (TPSA) is 95.2 Å². The molecule has 0 aromatic heterocycles. The highest BCUT2D eigenvalue weighted by atomic mass is 32.2. The lowest BCUT2D eigenvalue weighted by Gasteiger charge is -2.45. The summed E-state index contributed by atoms with van der Waals surface area (Å²) in [5.41, 5.74) is 1.34. The highest BCUT2D eigenvalue weighted by molar-refractivity contribution is 7.99. The second-order valence-electron chi connectivity index (χ2n) is 7.15. The van der Waals surface area contributed by atoms with Crippen LogP contribution in [0.25, 0.3) is 0 Å². The average molecular weight is 360 g/mol. The van der Waals surface area contributed by atoms with Gasteiger partial charge in [0.25, 0.3) is 0 Å². The molecule has 1 saturated carbocycles. The monoisotopic (exact) mass is 360 g/mol. The Morgan fingerprint density at radius 3 is 2.35 bits per heavy atom. The summed E-state index contributed by atoms with van der Waals surface area (Å²) in [7, 11) is 0. The van der Waals surface area contributed by atoms with E-state index in [9.17, 15) is 15.8 Å². The Hall–Kier alpha value is -2.55. The molecule has 4 nitrogen and oxygen atoms in total. The van der Waals surface area contributed by atoms with Gasteiger partial charge in [-0.2, -0.15) is 27.5 Å². The Morgan fingerprint density at radius 1 is 1.15 bits per heavy atom. The molecule has 1 heterocycles. The van der Waals surface area contributed by atoms with Crippen molar-refractivity contribution in [2.45, 2.75) is 25.7 Å². The van der Waals surface area contributed by atoms with Crippen LogP contribution in [0.5, 0.6) is 0 Å². The highest BCUT2D eigenvalue weighted by Crippen LogP contribution is 2.54. The summed E-state index contributed by atoms with van der Waals surface area (Å²) in [6.45, 7) is 4.24. The second-order valence-corrected chi connectivity index (χ2v) is 8.23. The number of fused-ring (bicyclic) bond motifs is 1. The summed E-state index contributed by atoms with van der Waals surface area (Å²) in [6, 6.07) is 14.5. The van der Waals surface area contributed by atoms with E-state index in [1.165, 1.54) is 5.56 Å². The van der Waals surface area contributed by atoms with Gasteiger partial charge in [-0.3, -0.25) is 0 Å². The van der Waals surface area contributed by atoms with Gasteiger partial charge in [0.1, 0.15) is 5.92 Å². The number of nitrogens with zero attached hydrogens (tertiary/aromatic N) is 3. The first-order valence-corrected chi connectivity index (χ1v) is 9.84. The maximum absolute atomic E-state index is 9.94. The van der Waals surface area contributed by atoms with Gasteiger partial charge in [-0.25, -0.2) is 0 Å². The number of benzene rings is 1. The van der Waals surface area contributed by atoms with Crippen LogP contribution in [0.2, 0.25) is 0 Å². The molecule has 0 amide bonds. The summed E-state index contributed by atoms with van der Waals surface area (Å²) in [6.07, 6.45) is 2.02. The molecule has 1 aromatic rings. The van der Waals surface area contributed by atoms with Gasteiger partial charge in [0.05, 0.1) is 23.9 Å². The van der Waals surface area contributed by atoms with E-state index < -0.39 is 17.3 Å². The Morgan fingerprint density at radius 2 is 1.81 bits per heavy atom. The minimum Gasteiger partial charge on any atom is -0.305 e. The summed E-state index contributed by atoms with van der Waals surface area (Å²) >= 11 is 1.75. The lowest BCUT2D eigenvalue weighted by Crippen LogP contribution is -2.49. The Labute approximate surface area is 158 Å². The van der Waals surface area contributed by atoms with Crippen molar-refractivity contribution in [3.63, 3.8) is 0 Å².